The molecule has 2 aromatic heterocycles. The molecule has 6 rings (SSSR count). The first-order chi connectivity index (χ1) is 19.5. The topological polar surface area (TPSA) is 91.5 Å². The Balaban J connectivity index is 1.49. The maximum atomic E-state index is 14.6. The van der Waals surface area contributed by atoms with Gasteiger partial charge in [0.05, 0.1) is 42.5 Å². The number of ether oxygens (including phenoxy) is 2. The number of pyridine rings is 1. The smallest absolute Gasteiger partial charge is 0.255 e. The summed E-state index contributed by atoms with van der Waals surface area (Å²) in [6, 6.07) is 6.61. The number of aromatic amines is 1. The molecular formula is C31H36FN5O3. The average molecular weight is 546 g/mol. The minimum absolute atomic E-state index is 0.0865. The third-order valence-corrected chi connectivity index (χ3v) is 8.32. The first kappa shape index (κ1) is 26.4. The monoisotopic (exact) mass is 545 g/mol. The molecule has 3 aromatic rings. The van der Waals surface area contributed by atoms with E-state index in [1.807, 2.05) is 6.07 Å². The van der Waals surface area contributed by atoms with Crippen LogP contribution in [0, 0.1) is 11.7 Å². The lowest BCUT2D eigenvalue weighted by Gasteiger charge is -2.32. The van der Waals surface area contributed by atoms with Gasteiger partial charge in [-0.05, 0) is 57.4 Å². The molecule has 3 aliphatic rings. The quantitative estimate of drug-likeness (QED) is 0.370. The van der Waals surface area contributed by atoms with E-state index >= 15 is 0 Å². The van der Waals surface area contributed by atoms with Crippen LogP contribution in [0.2, 0.25) is 0 Å². The van der Waals surface area contributed by atoms with Gasteiger partial charge in [0.1, 0.15) is 5.75 Å². The molecule has 3 atom stereocenters. The first-order valence-electron chi connectivity index (χ1n) is 14.1. The molecule has 3 aliphatic heterocycles. The molecule has 1 saturated heterocycles. The number of nitrogens with zero attached hydrogens (tertiary/aromatic N) is 2. The third kappa shape index (κ3) is 5.18. The van der Waals surface area contributed by atoms with Crippen molar-refractivity contribution in [2.24, 2.45) is 5.92 Å². The van der Waals surface area contributed by atoms with Crippen LogP contribution in [-0.2, 0) is 0 Å². The number of H-pyrrole nitrogens is 1. The van der Waals surface area contributed by atoms with Gasteiger partial charge in [0, 0.05) is 48.9 Å². The lowest BCUT2D eigenvalue weighted by molar-refractivity contribution is 0.0940. The second-order valence-corrected chi connectivity index (χ2v) is 11.1. The standard InChI is InChI=1S/C31H36FN5O3/c1-19-8-9-21-15-34-31(38)26-27(21)36-28(29(26)35-24-7-3-6-23(32)30(24)39-2)22-10-12-33-16-25(22)40-18-20-5-4-13-37(17-20)14-11-19/h3,6-7,10-12,16,20-21,35-36H,4-5,8-9,13-15,17-18H2,1-2H3,(H,34,38)/b19-11+. The molecule has 0 aliphatic carbocycles. The van der Waals surface area contributed by atoms with Crippen molar-refractivity contribution >= 4 is 17.3 Å². The van der Waals surface area contributed by atoms with Crippen LogP contribution in [0.15, 0.2) is 48.3 Å². The van der Waals surface area contributed by atoms with Crippen molar-refractivity contribution in [3.63, 3.8) is 0 Å². The molecule has 0 spiro atoms. The lowest BCUT2D eigenvalue weighted by Crippen LogP contribution is -2.37. The van der Waals surface area contributed by atoms with Crippen LogP contribution in [0.1, 0.15) is 54.6 Å². The fourth-order valence-electron chi connectivity index (χ4n) is 6.14. The number of methoxy groups -OCH3 is 1. The number of fused-ring (bicyclic) bond motifs is 5. The minimum atomic E-state index is -0.483. The number of rotatable bonds is 3. The number of piperidine rings is 1. The molecular weight excluding hydrogens is 509 g/mol. The number of benzene rings is 1. The molecule has 40 heavy (non-hydrogen) atoms. The fraction of sp³-hybridized carbons (Fsp3) is 0.419. The zero-order valence-electron chi connectivity index (χ0n) is 23.1. The van der Waals surface area contributed by atoms with E-state index in [4.69, 9.17) is 9.47 Å². The van der Waals surface area contributed by atoms with Crippen LogP contribution in [0.25, 0.3) is 11.3 Å². The molecule has 0 radical (unpaired) electrons. The van der Waals surface area contributed by atoms with E-state index in [-0.39, 0.29) is 17.6 Å². The van der Waals surface area contributed by atoms with Crippen LogP contribution in [0.3, 0.4) is 0 Å². The number of halogens is 1. The number of carbonyl (C=O) groups is 1. The van der Waals surface area contributed by atoms with Crippen molar-refractivity contribution in [3.8, 4) is 22.8 Å². The summed E-state index contributed by atoms with van der Waals surface area (Å²) in [6.45, 7) is 6.39. The highest BCUT2D eigenvalue weighted by Gasteiger charge is 2.34. The van der Waals surface area contributed by atoms with Gasteiger partial charge in [-0.2, -0.15) is 0 Å². The summed E-state index contributed by atoms with van der Waals surface area (Å²) in [5.41, 5.74) is 5.27. The van der Waals surface area contributed by atoms with Gasteiger partial charge < -0.3 is 25.1 Å². The highest BCUT2D eigenvalue weighted by molar-refractivity contribution is 6.07. The summed E-state index contributed by atoms with van der Waals surface area (Å²) in [5, 5.41) is 6.45. The summed E-state index contributed by atoms with van der Waals surface area (Å²) in [5.74, 6) is 0.594. The SMILES string of the molecule is COc1c(F)cccc1Nc1c2[nH]c3c1C(=O)NCC3CC/C(C)=C/CN1CCCC(COc3cnccc3-2)C1. The van der Waals surface area contributed by atoms with Gasteiger partial charge in [-0.1, -0.05) is 17.7 Å². The van der Waals surface area contributed by atoms with Crippen molar-refractivity contribution in [1.82, 2.24) is 20.2 Å². The van der Waals surface area contributed by atoms with Gasteiger partial charge in [0.25, 0.3) is 5.91 Å². The molecule has 3 unspecified atom stereocenters. The number of hydrogen-bond acceptors (Lipinski definition) is 6. The molecule has 1 aromatic carbocycles. The molecule has 3 N–H and O–H groups in total. The number of para-hydroxylation sites is 1. The Kier molecular flexibility index (Phi) is 7.47. The van der Waals surface area contributed by atoms with E-state index in [2.05, 4.69) is 38.5 Å². The van der Waals surface area contributed by atoms with E-state index in [1.165, 1.54) is 18.7 Å². The highest BCUT2D eigenvalue weighted by Crippen LogP contribution is 2.44. The Hall–Kier alpha value is -3.85. The lowest BCUT2D eigenvalue weighted by atomic mass is 9.91. The predicted octanol–water partition coefficient (Wildman–Crippen LogP) is 5.63. The predicted molar refractivity (Wildman–Crippen MR) is 153 cm³/mol. The maximum Gasteiger partial charge on any atom is 0.255 e. The Morgan fingerprint density at radius 2 is 2.15 bits per heavy atom. The average Bonchev–Trinajstić information content (AvgIpc) is 3.34. The van der Waals surface area contributed by atoms with E-state index in [9.17, 15) is 9.18 Å². The molecule has 1 amide bonds. The molecule has 8 nitrogen and oxygen atoms in total. The van der Waals surface area contributed by atoms with Crippen LogP contribution in [0.5, 0.6) is 11.5 Å². The second kappa shape index (κ2) is 11.3. The van der Waals surface area contributed by atoms with Crippen molar-refractivity contribution in [2.45, 2.75) is 38.5 Å². The molecule has 0 saturated carbocycles. The van der Waals surface area contributed by atoms with Gasteiger partial charge in [0.15, 0.2) is 11.6 Å². The fourth-order valence-corrected chi connectivity index (χ4v) is 6.14. The molecule has 5 heterocycles. The van der Waals surface area contributed by atoms with Crippen LogP contribution in [-0.4, -0.2) is 60.7 Å². The Labute approximate surface area is 234 Å². The third-order valence-electron chi connectivity index (χ3n) is 8.32. The van der Waals surface area contributed by atoms with Gasteiger partial charge in [-0.3, -0.25) is 14.7 Å². The molecule has 9 heteroatoms. The summed E-state index contributed by atoms with van der Waals surface area (Å²) < 4.78 is 26.5. The number of hydrogen-bond donors (Lipinski definition) is 3. The largest absolute Gasteiger partial charge is 0.492 e. The van der Waals surface area contributed by atoms with Crippen molar-refractivity contribution in [1.29, 1.82) is 0 Å². The Bertz CT molecular complexity index is 1430. The number of anilines is 2. The Morgan fingerprint density at radius 1 is 1.25 bits per heavy atom. The highest BCUT2D eigenvalue weighted by atomic mass is 19.1. The van der Waals surface area contributed by atoms with Gasteiger partial charge >= 0.3 is 0 Å². The number of aromatic nitrogens is 2. The van der Waals surface area contributed by atoms with Crippen LogP contribution >= 0.6 is 0 Å². The first-order valence-corrected chi connectivity index (χ1v) is 14.1. The normalized spacial score (nSPS) is 24.1. The molecule has 210 valence electrons. The summed E-state index contributed by atoms with van der Waals surface area (Å²) >= 11 is 0. The van der Waals surface area contributed by atoms with Gasteiger partial charge in [-0.15, -0.1) is 0 Å². The van der Waals surface area contributed by atoms with E-state index in [0.717, 1.165) is 56.6 Å². The summed E-state index contributed by atoms with van der Waals surface area (Å²) in [6.07, 6.45) is 9.91. The van der Waals surface area contributed by atoms with E-state index in [0.29, 0.717) is 47.5 Å². The number of nitrogens with one attached hydrogen (secondary N) is 3. The van der Waals surface area contributed by atoms with E-state index < -0.39 is 5.82 Å². The number of amides is 1. The van der Waals surface area contributed by atoms with Crippen molar-refractivity contribution in [2.75, 3.05) is 45.2 Å². The molecule has 1 fully saturated rings. The van der Waals surface area contributed by atoms with Crippen LogP contribution < -0.4 is 20.1 Å². The summed E-state index contributed by atoms with van der Waals surface area (Å²) in [7, 11) is 1.43. The maximum absolute atomic E-state index is 14.6. The minimum Gasteiger partial charge on any atom is -0.492 e. The number of carbonyl (C=O) groups excluding carboxylic acids is 1. The van der Waals surface area contributed by atoms with Crippen molar-refractivity contribution in [3.05, 3.63) is 65.4 Å². The molecule has 4 bridgehead atoms. The number of allylic oxidation sites excluding steroid dienone is 1. The van der Waals surface area contributed by atoms with Gasteiger partial charge in [-0.25, -0.2) is 4.39 Å². The van der Waals surface area contributed by atoms with E-state index in [1.54, 1.807) is 24.5 Å². The van der Waals surface area contributed by atoms with Crippen LogP contribution in [0.4, 0.5) is 15.8 Å². The summed E-state index contributed by atoms with van der Waals surface area (Å²) in [4.78, 5) is 23.9. The zero-order chi connectivity index (χ0) is 27.6. The van der Waals surface area contributed by atoms with Gasteiger partial charge in [0.2, 0.25) is 0 Å². The Morgan fingerprint density at radius 3 is 3.02 bits per heavy atom. The second-order valence-electron chi connectivity index (χ2n) is 11.1. The van der Waals surface area contributed by atoms with Crippen molar-refractivity contribution < 1.29 is 18.7 Å². The zero-order valence-corrected chi connectivity index (χ0v) is 23.1.